The Bertz CT molecular complexity index is 894. The molecule has 0 bridgehead atoms. The second kappa shape index (κ2) is 6.86. The molecule has 0 fully saturated rings. The zero-order valence-electron chi connectivity index (χ0n) is 12.3. The van der Waals surface area contributed by atoms with Crippen LogP contribution in [0.25, 0.3) is 11.3 Å². The summed E-state index contributed by atoms with van der Waals surface area (Å²) < 4.78 is 2.09. The van der Waals surface area contributed by atoms with Crippen molar-refractivity contribution < 1.29 is 5.11 Å². The summed E-state index contributed by atoms with van der Waals surface area (Å²) in [5.74, 6) is 0.205. The zero-order chi connectivity index (χ0) is 16.2. The Morgan fingerprint density at radius 1 is 1.22 bits per heavy atom. The molecule has 0 unspecified atom stereocenters. The van der Waals surface area contributed by atoms with Crippen molar-refractivity contribution in [3.8, 4) is 17.0 Å². The van der Waals surface area contributed by atoms with E-state index in [4.69, 9.17) is 11.6 Å². The number of nitrogens with zero attached hydrogens (tertiary/aromatic N) is 2. The number of halogens is 1. The van der Waals surface area contributed by atoms with Gasteiger partial charge in [0.05, 0.1) is 11.4 Å². The Kier molecular flexibility index (Phi) is 4.65. The fourth-order valence-electron chi connectivity index (χ4n) is 2.25. The van der Waals surface area contributed by atoms with Crippen LogP contribution in [0.4, 0.5) is 5.69 Å². The van der Waals surface area contributed by atoms with Gasteiger partial charge in [0.25, 0.3) is 0 Å². The summed E-state index contributed by atoms with van der Waals surface area (Å²) in [7, 11) is 0. The molecular weight excluding hydrogens is 328 g/mol. The van der Waals surface area contributed by atoms with Gasteiger partial charge in [0.15, 0.2) is 4.80 Å². The molecule has 3 nitrogen and oxygen atoms in total. The van der Waals surface area contributed by atoms with Crippen LogP contribution in [0.15, 0.2) is 71.6 Å². The number of rotatable bonds is 4. The fraction of sp³-hybridized carbons (Fsp3) is 0.0556. The monoisotopic (exact) mass is 342 g/mol. The highest BCUT2D eigenvalue weighted by Crippen LogP contribution is 2.23. The minimum Gasteiger partial charge on any atom is -0.508 e. The highest BCUT2D eigenvalue weighted by atomic mass is 35.5. The molecule has 3 aromatic rings. The minimum absolute atomic E-state index is 0.205. The van der Waals surface area contributed by atoms with Crippen molar-refractivity contribution in [2.45, 2.75) is 6.54 Å². The summed E-state index contributed by atoms with van der Waals surface area (Å²) >= 11 is 7.51. The maximum absolute atomic E-state index is 9.58. The Hall–Kier alpha value is -2.30. The molecule has 0 radical (unpaired) electrons. The van der Waals surface area contributed by atoms with E-state index >= 15 is 0 Å². The first-order valence-electron chi connectivity index (χ1n) is 7.06. The smallest absolute Gasteiger partial charge is 0.190 e. The third-order valence-electron chi connectivity index (χ3n) is 3.30. The lowest BCUT2D eigenvalue weighted by Gasteiger charge is -2.06. The Morgan fingerprint density at radius 3 is 2.70 bits per heavy atom. The van der Waals surface area contributed by atoms with Gasteiger partial charge in [-0.05, 0) is 29.8 Å². The van der Waals surface area contributed by atoms with Gasteiger partial charge in [-0.2, -0.15) is 0 Å². The normalized spacial score (nSPS) is 11.6. The lowest BCUT2D eigenvalue weighted by molar-refractivity contribution is 0.475. The summed E-state index contributed by atoms with van der Waals surface area (Å²) in [5.41, 5.74) is 2.85. The van der Waals surface area contributed by atoms with Gasteiger partial charge >= 0.3 is 0 Å². The maximum atomic E-state index is 9.58. The van der Waals surface area contributed by atoms with Crippen LogP contribution < -0.4 is 4.80 Å². The molecular formula is C18H15ClN2OS. The van der Waals surface area contributed by atoms with E-state index in [1.165, 1.54) is 0 Å². The van der Waals surface area contributed by atoms with E-state index in [0.29, 0.717) is 17.3 Å². The van der Waals surface area contributed by atoms with Crippen molar-refractivity contribution in [3.05, 3.63) is 76.4 Å². The second-order valence-corrected chi connectivity index (χ2v) is 6.21. The molecule has 1 aromatic heterocycles. The molecule has 0 spiro atoms. The fourth-order valence-corrected chi connectivity index (χ4v) is 3.31. The number of hydrogen-bond donors (Lipinski definition) is 1. The summed E-state index contributed by atoms with van der Waals surface area (Å²) in [6, 6.07) is 14.6. The van der Waals surface area contributed by atoms with Crippen LogP contribution in [-0.2, 0) is 6.54 Å². The van der Waals surface area contributed by atoms with Crippen LogP contribution in [0, 0.1) is 0 Å². The van der Waals surface area contributed by atoms with E-state index in [9.17, 15) is 5.11 Å². The average molecular weight is 343 g/mol. The number of phenolic OH excluding ortho intramolecular Hbond substituents is 1. The van der Waals surface area contributed by atoms with E-state index in [1.807, 2.05) is 36.4 Å². The minimum atomic E-state index is 0.205. The Labute approximate surface area is 143 Å². The molecule has 0 aliphatic carbocycles. The first kappa shape index (κ1) is 15.6. The van der Waals surface area contributed by atoms with Crippen molar-refractivity contribution in [2.75, 3.05) is 0 Å². The van der Waals surface area contributed by atoms with Gasteiger partial charge < -0.3 is 9.67 Å². The zero-order valence-corrected chi connectivity index (χ0v) is 13.9. The molecule has 0 saturated heterocycles. The number of allylic oxidation sites excluding steroid dienone is 1. The van der Waals surface area contributed by atoms with Crippen LogP contribution >= 0.6 is 22.9 Å². The van der Waals surface area contributed by atoms with Crippen molar-refractivity contribution in [1.82, 2.24) is 4.57 Å². The summed E-state index contributed by atoms with van der Waals surface area (Å²) in [4.78, 5) is 5.48. The standard InChI is InChI=1S/C18H15ClN2OS/c1-2-10-21-17(13-6-8-14(19)9-7-13)12-23-18(21)20-15-4-3-5-16(22)11-15/h2-9,11-12,22H,1,10H2. The van der Waals surface area contributed by atoms with Gasteiger partial charge in [0.2, 0.25) is 0 Å². The third-order valence-corrected chi connectivity index (χ3v) is 4.42. The SMILES string of the molecule is C=CCn1c(-c2ccc(Cl)cc2)csc1=Nc1cccc(O)c1. The van der Waals surface area contributed by atoms with E-state index < -0.39 is 0 Å². The molecule has 0 aliphatic rings. The summed E-state index contributed by atoms with van der Waals surface area (Å²) in [5, 5.41) is 12.4. The predicted molar refractivity (Wildman–Crippen MR) is 96.3 cm³/mol. The van der Waals surface area contributed by atoms with Gasteiger partial charge in [-0.1, -0.05) is 35.9 Å². The largest absolute Gasteiger partial charge is 0.508 e. The highest BCUT2D eigenvalue weighted by Gasteiger charge is 2.07. The third kappa shape index (κ3) is 3.55. The molecule has 0 atom stereocenters. The van der Waals surface area contributed by atoms with Gasteiger partial charge in [-0.15, -0.1) is 17.9 Å². The molecule has 1 N–H and O–H groups in total. The van der Waals surface area contributed by atoms with Gasteiger partial charge in [0.1, 0.15) is 5.75 Å². The van der Waals surface area contributed by atoms with Crippen LogP contribution in [0.1, 0.15) is 0 Å². The van der Waals surface area contributed by atoms with E-state index in [2.05, 4.69) is 21.5 Å². The highest BCUT2D eigenvalue weighted by molar-refractivity contribution is 7.07. The van der Waals surface area contributed by atoms with Gasteiger partial charge in [-0.25, -0.2) is 4.99 Å². The van der Waals surface area contributed by atoms with E-state index in [-0.39, 0.29) is 5.75 Å². The number of benzene rings is 2. The van der Waals surface area contributed by atoms with Crippen molar-refractivity contribution in [3.63, 3.8) is 0 Å². The molecule has 3 rings (SSSR count). The number of hydrogen-bond acceptors (Lipinski definition) is 3. The van der Waals surface area contributed by atoms with Crippen LogP contribution in [0.3, 0.4) is 0 Å². The lowest BCUT2D eigenvalue weighted by Crippen LogP contribution is -2.14. The van der Waals surface area contributed by atoms with E-state index in [0.717, 1.165) is 16.1 Å². The van der Waals surface area contributed by atoms with Crippen molar-refractivity contribution >= 4 is 28.6 Å². The molecule has 23 heavy (non-hydrogen) atoms. The molecule has 2 aromatic carbocycles. The van der Waals surface area contributed by atoms with Crippen LogP contribution in [0.5, 0.6) is 5.75 Å². The summed E-state index contributed by atoms with van der Waals surface area (Å²) in [6.07, 6.45) is 1.84. The quantitative estimate of drug-likeness (QED) is 0.666. The molecule has 1 heterocycles. The first-order valence-corrected chi connectivity index (χ1v) is 8.32. The van der Waals surface area contributed by atoms with Crippen molar-refractivity contribution in [2.24, 2.45) is 4.99 Å². The average Bonchev–Trinajstić information content (AvgIpc) is 2.91. The van der Waals surface area contributed by atoms with Gasteiger partial charge in [-0.3, -0.25) is 0 Å². The Balaban J connectivity index is 2.12. The predicted octanol–water partition coefficient (Wildman–Crippen LogP) is 4.99. The number of phenols is 1. The topological polar surface area (TPSA) is 37.5 Å². The van der Waals surface area contributed by atoms with Crippen molar-refractivity contribution in [1.29, 1.82) is 0 Å². The molecule has 0 amide bonds. The molecule has 116 valence electrons. The molecule has 5 heteroatoms. The van der Waals surface area contributed by atoms with Crippen LogP contribution in [-0.4, -0.2) is 9.67 Å². The molecule has 0 aliphatic heterocycles. The van der Waals surface area contributed by atoms with Gasteiger partial charge in [0, 0.05) is 23.0 Å². The molecule has 0 saturated carbocycles. The van der Waals surface area contributed by atoms with Crippen LogP contribution in [0.2, 0.25) is 5.02 Å². The lowest BCUT2D eigenvalue weighted by atomic mass is 10.2. The number of aromatic hydroxyl groups is 1. The number of thiazole rings is 1. The number of aromatic nitrogens is 1. The maximum Gasteiger partial charge on any atom is 0.190 e. The Morgan fingerprint density at radius 2 is 2.00 bits per heavy atom. The summed E-state index contributed by atoms with van der Waals surface area (Å²) in [6.45, 7) is 4.48. The first-order chi connectivity index (χ1) is 11.2. The second-order valence-electron chi connectivity index (χ2n) is 4.94. The van der Waals surface area contributed by atoms with E-state index in [1.54, 1.807) is 29.5 Å².